The zero-order valence-corrected chi connectivity index (χ0v) is 11.9. The summed E-state index contributed by atoms with van der Waals surface area (Å²) in [4.78, 5) is 34.5. The lowest BCUT2D eigenvalue weighted by Gasteiger charge is -2.22. The van der Waals surface area contributed by atoms with Gasteiger partial charge in [-0.2, -0.15) is 0 Å². The van der Waals surface area contributed by atoms with Crippen LogP contribution in [0, 0.1) is 0 Å². The van der Waals surface area contributed by atoms with E-state index in [1.165, 1.54) is 0 Å². The van der Waals surface area contributed by atoms with Crippen LogP contribution in [0.5, 0.6) is 0 Å². The molecule has 0 spiro atoms. The lowest BCUT2D eigenvalue weighted by atomic mass is 10.1. The van der Waals surface area contributed by atoms with Crippen LogP contribution in [-0.2, 0) is 20.8 Å². The standard InChI is InChI=1S/C13H12Cl2N2O3/c14-8-2-1-3-9(15)7(8)6-12(19)16-10-4-5-11(18)17-13(10)20/h1-3,10H,4-6H2,(H,16,19)(H,17,18,20). The molecule has 1 unspecified atom stereocenters. The molecule has 3 amide bonds. The van der Waals surface area contributed by atoms with E-state index in [-0.39, 0.29) is 24.7 Å². The molecule has 1 aromatic carbocycles. The minimum Gasteiger partial charge on any atom is -0.344 e. The SMILES string of the molecule is O=C1CCC(NC(=O)Cc2c(Cl)cccc2Cl)C(=O)N1. The quantitative estimate of drug-likeness (QED) is 0.829. The zero-order valence-electron chi connectivity index (χ0n) is 10.4. The molecule has 2 rings (SSSR count). The van der Waals surface area contributed by atoms with E-state index in [9.17, 15) is 14.4 Å². The van der Waals surface area contributed by atoms with E-state index in [2.05, 4.69) is 10.6 Å². The number of benzene rings is 1. The number of piperidine rings is 1. The summed E-state index contributed by atoms with van der Waals surface area (Å²) < 4.78 is 0. The molecule has 1 aliphatic rings. The van der Waals surface area contributed by atoms with Crippen LogP contribution in [0.1, 0.15) is 18.4 Å². The van der Waals surface area contributed by atoms with E-state index >= 15 is 0 Å². The number of imide groups is 1. The molecule has 20 heavy (non-hydrogen) atoms. The summed E-state index contributed by atoms with van der Waals surface area (Å²) in [5, 5.41) is 5.55. The largest absolute Gasteiger partial charge is 0.344 e. The Morgan fingerprint density at radius 1 is 1.30 bits per heavy atom. The monoisotopic (exact) mass is 314 g/mol. The van der Waals surface area contributed by atoms with Crippen molar-refractivity contribution in [1.29, 1.82) is 0 Å². The third-order valence-electron chi connectivity index (χ3n) is 2.97. The summed E-state index contributed by atoms with van der Waals surface area (Å²) >= 11 is 12.0. The average Bonchev–Trinajstić information content (AvgIpc) is 2.37. The minimum absolute atomic E-state index is 0.0176. The first kappa shape index (κ1) is 14.8. The number of hydrogen-bond donors (Lipinski definition) is 2. The number of carbonyl (C=O) groups excluding carboxylic acids is 3. The maximum absolute atomic E-state index is 11.9. The van der Waals surface area contributed by atoms with Crippen LogP contribution in [0.15, 0.2) is 18.2 Å². The first-order chi connectivity index (χ1) is 9.47. The third-order valence-corrected chi connectivity index (χ3v) is 3.68. The van der Waals surface area contributed by atoms with Gasteiger partial charge < -0.3 is 5.32 Å². The number of carbonyl (C=O) groups is 3. The molecule has 1 aromatic rings. The van der Waals surface area contributed by atoms with Gasteiger partial charge in [-0.05, 0) is 24.1 Å². The third kappa shape index (κ3) is 3.49. The molecule has 0 bridgehead atoms. The molecular weight excluding hydrogens is 303 g/mol. The Bertz CT molecular complexity index is 554. The Balaban J connectivity index is 1.99. The van der Waals surface area contributed by atoms with Crippen LogP contribution in [0.3, 0.4) is 0 Å². The van der Waals surface area contributed by atoms with Gasteiger partial charge in [0.25, 0.3) is 0 Å². The van der Waals surface area contributed by atoms with Crippen LogP contribution in [0.25, 0.3) is 0 Å². The van der Waals surface area contributed by atoms with E-state index in [1.807, 2.05) is 0 Å². The van der Waals surface area contributed by atoms with Gasteiger partial charge >= 0.3 is 0 Å². The lowest BCUT2D eigenvalue weighted by Crippen LogP contribution is -2.52. The highest BCUT2D eigenvalue weighted by atomic mass is 35.5. The summed E-state index contributed by atoms with van der Waals surface area (Å²) in [6.45, 7) is 0. The van der Waals surface area contributed by atoms with Crippen molar-refractivity contribution in [2.24, 2.45) is 0 Å². The van der Waals surface area contributed by atoms with Crippen LogP contribution >= 0.6 is 23.2 Å². The van der Waals surface area contributed by atoms with Gasteiger partial charge in [-0.1, -0.05) is 29.3 Å². The molecular formula is C13H12Cl2N2O3. The summed E-state index contributed by atoms with van der Waals surface area (Å²) in [7, 11) is 0. The highest BCUT2D eigenvalue weighted by Crippen LogP contribution is 2.24. The Hall–Kier alpha value is -1.59. The average molecular weight is 315 g/mol. The van der Waals surface area contributed by atoms with Crippen molar-refractivity contribution in [3.8, 4) is 0 Å². The van der Waals surface area contributed by atoms with E-state index in [0.717, 1.165) is 0 Å². The summed E-state index contributed by atoms with van der Waals surface area (Å²) in [5.74, 6) is -1.18. The molecule has 1 atom stereocenters. The first-order valence-electron chi connectivity index (χ1n) is 6.03. The van der Waals surface area contributed by atoms with Crippen molar-refractivity contribution in [3.63, 3.8) is 0 Å². The molecule has 106 valence electrons. The van der Waals surface area contributed by atoms with E-state index in [0.29, 0.717) is 22.0 Å². The van der Waals surface area contributed by atoms with E-state index < -0.39 is 11.9 Å². The lowest BCUT2D eigenvalue weighted by molar-refractivity contribution is -0.137. The fourth-order valence-corrected chi connectivity index (χ4v) is 2.47. The number of nitrogens with one attached hydrogen (secondary N) is 2. The van der Waals surface area contributed by atoms with Crippen molar-refractivity contribution in [1.82, 2.24) is 10.6 Å². The van der Waals surface area contributed by atoms with Gasteiger partial charge in [0.05, 0.1) is 6.42 Å². The minimum atomic E-state index is -0.693. The van der Waals surface area contributed by atoms with Crippen LogP contribution < -0.4 is 10.6 Å². The van der Waals surface area contributed by atoms with Crippen molar-refractivity contribution >= 4 is 40.9 Å². The fraction of sp³-hybridized carbons (Fsp3) is 0.308. The zero-order chi connectivity index (χ0) is 14.7. The molecule has 0 aliphatic carbocycles. The highest BCUT2D eigenvalue weighted by Gasteiger charge is 2.27. The molecule has 0 radical (unpaired) electrons. The van der Waals surface area contributed by atoms with Gasteiger partial charge in [0.2, 0.25) is 17.7 Å². The smallest absolute Gasteiger partial charge is 0.249 e. The van der Waals surface area contributed by atoms with Crippen molar-refractivity contribution in [3.05, 3.63) is 33.8 Å². The van der Waals surface area contributed by atoms with Gasteiger partial charge in [0, 0.05) is 16.5 Å². The van der Waals surface area contributed by atoms with Gasteiger partial charge in [0.1, 0.15) is 6.04 Å². The Kier molecular flexibility index (Phi) is 4.62. The van der Waals surface area contributed by atoms with Gasteiger partial charge in [0.15, 0.2) is 0 Å². The molecule has 2 N–H and O–H groups in total. The van der Waals surface area contributed by atoms with Gasteiger partial charge in [-0.3, -0.25) is 19.7 Å². The summed E-state index contributed by atoms with van der Waals surface area (Å²) in [6, 6.07) is 4.28. The molecule has 7 heteroatoms. The number of amides is 3. The predicted molar refractivity (Wildman–Crippen MR) is 74.5 cm³/mol. The maximum Gasteiger partial charge on any atom is 0.249 e. The van der Waals surface area contributed by atoms with Crippen LogP contribution in [0.2, 0.25) is 10.0 Å². The molecule has 1 aliphatic heterocycles. The first-order valence-corrected chi connectivity index (χ1v) is 6.79. The molecule has 1 heterocycles. The van der Waals surface area contributed by atoms with Crippen molar-refractivity contribution in [2.45, 2.75) is 25.3 Å². The summed E-state index contributed by atoms with van der Waals surface area (Å²) in [5.41, 5.74) is 0.514. The van der Waals surface area contributed by atoms with E-state index in [4.69, 9.17) is 23.2 Å². The molecule has 0 saturated carbocycles. The maximum atomic E-state index is 11.9. The van der Waals surface area contributed by atoms with Crippen LogP contribution in [0.4, 0.5) is 0 Å². The molecule has 1 saturated heterocycles. The van der Waals surface area contributed by atoms with Gasteiger partial charge in [-0.15, -0.1) is 0 Å². The summed E-state index contributed by atoms with van der Waals surface area (Å²) in [6.07, 6.45) is 0.492. The number of hydrogen-bond acceptors (Lipinski definition) is 3. The van der Waals surface area contributed by atoms with Gasteiger partial charge in [-0.25, -0.2) is 0 Å². The Morgan fingerprint density at radius 2 is 1.95 bits per heavy atom. The normalized spacial score (nSPS) is 18.6. The van der Waals surface area contributed by atoms with Crippen molar-refractivity contribution in [2.75, 3.05) is 0 Å². The Labute approximate surface area is 125 Å². The predicted octanol–water partition coefficient (Wildman–Crippen LogP) is 1.46. The topological polar surface area (TPSA) is 75.3 Å². The molecule has 5 nitrogen and oxygen atoms in total. The molecule has 0 aromatic heterocycles. The van der Waals surface area contributed by atoms with Crippen LogP contribution in [-0.4, -0.2) is 23.8 Å². The van der Waals surface area contributed by atoms with Crippen molar-refractivity contribution < 1.29 is 14.4 Å². The fourth-order valence-electron chi connectivity index (χ4n) is 1.94. The second-order valence-electron chi connectivity index (χ2n) is 4.45. The molecule has 1 fully saturated rings. The second-order valence-corrected chi connectivity index (χ2v) is 5.26. The number of halogens is 2. The van der Waals surface area contributed by atoms with E-state index in [1.54, 1.807) is 18.2 Å². The Morgan fingerprint density at radius 3 is 2.55 bits per heavy atom. The highest BCUT2D eigenvalue weighted by molar-refractivity contribution is 6.36. The second kappa shape index (κ2) is 6.24. The number of rotatable bonds is 3.